The minimum absolute atomic E-state index is 0.214. The summed E-state index contributed by atoms with van der Waals surface area (Å²) >= 11 is 0.988. The smallest absolute Gasteiger partial charge is 0.361 e. The van der Waals surface area contributed by atoms with Crippen molar-refractivity contribution >= 4 is 17.3 Å². The highest BCUT2D eigenvalue weighted by molar-refractivity contribution is 7.09. The van der Waals surface area contributed by atoms with Crippen LogP contribution in [0.1, 0.15) is 22.2 Å². The first-order valence-corrected chi connectivity index (χ1v) is 9.35. The van der Waals surface area contributed by atoms with Crippen LogP contribution in [0, 0.1) is 6.92 Å². The second-order valence-electron chi connectivity index (χ2n) is 6.22. The van der Waals surface area contributed by atoms with Crippen molar-refractivity contribution in [3.63, 3.8) is 0 Å². The number of alkyl halides is 3. The van der Waals surface area contributed by atoms with Gasteiger partial charge in [-0.2, -0.15) is 13.2 Å². The predicted octanol–water partition coefficient (Wildman–Crippen LogP) is 2.35. The zero-order chi connectivity index (χ0) is 19.4. The van der Waals surface area contributed by atoms with E-state index in [4.69, 9.17) is 4.52 Å². The molecule has 3 rings (SSSR count). The minimum atomic E-state index is -4.41. The van der Waals surface area contributed by atoms with Crippen molar-refractivity contribution in [2.24, 2.45) is 4.99 Å². The molecule has 27 heavy (non-hydrogen) atoms. The molecule has 11 heteroatoms. The third-order valence-corrected chi connectivity index (χ3v) is 5.03. The van der Waals surface area contributed by atoms with Crippen molar-refractivity contribution in [2.45, 2.75) is 26.2 Å². The first kappa shape index (κ1) is 19.6. The molecule has 1 saturated heterocycles. The van der Waals surface area contributed by atoms with E-state index in [0.29, 0.717) is 11.0 Å². The van der Waals surface area contributed by atoms with Crippen LogP contribution in [0.2, 0.25) is 0 Å². The van der Waals surface area contributed by atoms with Crippen LogP contribution in [0.3, 0.4) is 0 Å². The summed E-state index contributed by atoms with van der Waals surface area (Å²) in [5, 5.41) is 8.52. The maximum absolute atomic E-state index is 12.6. The van der Waals surface area contributed by atoms with Crippen LogP contribution in [0.15, 0.2) is 21.0 Å². The number of halogens is 3. The fourth-order valence-electron chi connectivity index (χ4n) is 2.85. The van der Waals surface area contributed by atoms with Crippen molar-refractivity contribution < 1.29 is 17.7 Å². The van der Waals surface area contributed by atoms with Gasteiger partial charge in [0.2, 0.25) is 0 Å². The fourth-order valence-corrected chi connectivity index (χ4v) is 3.59. The first-order chi connectivity index (χ1) is 12.8. The number of thiazole rings is 1. The summed E-state index contributed by atoms with van der Waals surface area (Å²) < 4.78 is 43.0. The first-order valence-electron chi connectivity index (χ1n) is 8.47. The van der Waals surface area contributed by atoms with Crippen molar-refractivity contribution in [1.82, 2.24) is 25.3 Å². The van der Waals surface area contributed by atoms with E-state index < -0.39 is 11.9 Å². The van der Waals surface area contributed by atoms with Gasteiger partial charge in [-0.3, -0.25) is 9.89 Å². The number of nitrogens with zero attached hydrogens (tertiary/aromatic N) is 5. The van der Waals surface area contributed by atoms with E-state index in [1.165, 1.54) is 0 Å². The summed E-state index contributed by atoms with van der Waals surface area (Å²) in [6.45, 7) is 6.02. The number of piperazine rings is 1. The summed E-state index contributed by atoms with van der Waals surface area (Å²) in [6.07, 6.45) is -4.41. The Kier molecular flexibility index (Phi) is 6.00. The molecule has 2 aromatic heterocycles. The molecule has 0 unspecified atom stereocenters. The van der Waals surface area contributed by atoms with Gasteiger partial charge in [-0.25, -0.2) is 4.98 Å². The Morgan fingerprint density at radius 3 is 2.63 bits per heavy atom. The monoisotopic (exact) mass is 402 g/mol. The van der Waals surface area contributed by atoms with E-state index in [2.05, 4.69) is 30.2 Å². The molecule has 0 atom stereocenters. The molecule has 1 aliphatic heterocycles. The number of guanidine groups is 1. The molecule has 3 heterocycles. The van der Waals surface area contributed by atoms with Crippen LogP contribution in [-0.2, 0) is 19.3 Å². The molecule has 0 bridgehead atoms. The molecule has 1 N–H and O–H groups in total. The third-order valence-electron chi connectivity index (χ3n) is 4.19. The summed E-state index contributed by atoms with van der Waals surface area (Å²) in [4.78, 5) is 12.2. The zero-order valence-electron chi connectivity index (χ0n) is 15.1. The number of aromatic nitrogens is 2. The van der Waals surface area contributed by atoms with Crippen LogP contribution in [0.25, 0.3) is 0 Å². The zero-order valence-corrected chi connectivity index (χ0v) is 15.9. The molecule has 0 aliphatic carbocycles. The molecule has 0 radical (unpaired) electrons. The molecule has 0 amide bonds. The van der Waals surface area contributed by atoms with Crippen molar-refractivity contribution in [2.75, 3.05) is 33.2 Å². The molecule has 0 spiro atoms. The van der Waals surface area contributed by atoms with Crippen LogP contribution in [-0.4, -0.2) is 59.1 Å². The van der Waals surface area contributed by atoms with Gasteiger partial charge in [0, 0.05) is 51.2 Å². The topological polar surface area (TPSA) is 69.8 Å². The molecule has 1 aliphatic rings. The Balaban J connectivity index is 1.48. The van der Waals surface area contributed by atoms with Gasteiger partial charge in [0.1, 0.15) is 10.8 Å². The van der Waals surface area contributed by atoms with Crippen molar-refractivity contribution in [1.29, 1.82) is 0 Å². The lowest BCUT2D eigenvalue weighted by molar-refractivity contribution is -0.140. The Morgan fingerprint density at radius 1 is 1.33 bits per heavy atom. The molecule has 7 nitrogen and oxygen atoms in total. The quantitative estimate of drug-likeness (QED) is 0.626. The summed E-state index contributed by atoms with van der Waals surface area (Å²) in [5.74, 6) is 1.46. The van der Waals surface area contributed by atoms with E-state index in [1.54, 1.807) is 7.05 Å². The third kappa shape index (κ3) is 5.19. The number of nitrogens with one attached hydrogen (secondary N) is 1. The Labute approximate surface area is 158 Å². The Hall–Kier alpha value is -2.14. The number of aliphatic imine (C=N–C) groups is 1. The normalized spacial score (nSPS) is 16.8. The largest absolute Gasteiger partial charge is 0.434 e. The van der Waals surface area contributed by atoms with E-state index in [-0.39, 0.29) is 6.54 Å². The lowest BCUT2D eigenvalue weighted by Gasteiger charge is -2.36. The van der Waals surface area contributed by atoms with Gasteiger partial charge in [0.25, 0.3) is 0 Å². The lowest BCUT2D eigenvalue weighted by atomic mass is 10.3. The number of hydrogen-bond donors (Lipinski definition) is 1. The number of aryl methyl sites for hydroxylation is 1. The molecule has 148 valence electrons. The molecule has 0 saturated carbocycles. The molecule has 2 aromatic rings. The molecular weight excluding hydrogens is 381 g/mol. The number of rotatable bonds is 4. The number of hydrogen-bond acceptors (Lipinski definition) is 6. The summed E-state index contributed by atoms with van der Waals surface area (Å²) in [6, 6.07) is 1.93. The molecule has 1 fully saturated rings. The standard InChI is InChI=1S/C16H21F3N6OS/c1-11-7-12(23-26-11)9-24-3-5-25(6-4-24)15(20-2)21-8-14-22-13(10-27-14)16(17,18)19/h7,10H,3-6,8-9H2,1-2H3,(H,20,21). The van der Waals surface area contributed by atoms with Gasteiger partial charge in [0.15, 0.2) is 11.7 Å². The van der Waals surface area contributed by atoms with E-state index >= 15 is 0 Å². The van der Waals surface area contributed by atoms with Gasteiger partial charge >= 0.3 is 6.18 Å². The van der Waals surface area contributed by atoms with Gasteiger partial charge in [0.05, 0.1) is 12.2 Å². The van der Waals surface area contributed by atoms with E-state index in [9.17, 15) is 13.2 Å². The summed E-state index contributed by atoms with van der Waals surface area (Å²) in [5.41, 5.74) is 0.0590. The van der Waals surface area contributed by atoms with Crippen LogP contribution in [0.4, 0.5) is 13.2 Å². The van der Waals surface area contributed by atoms with E-state index in [1.807, 2.05) is 13.0 Å². The average Bonchev–Trinajstić information content (AvgIpc) is 3.26. The lowest BCUT2D eigenvalue weighted by Crippen LogP contribution is -2.52. The van der Waals surface area contributed by atoms with E-state index in [0.717, 1.165) is 60.9 Å². The highest BCUT2D eigenvalue weighted by atomic mass is 32.1. The minimum Gasteiger partial charge on any atom is -0.361 e. The Morgan fingerprint density at radius 2 is 2.07 bits per heavy atom. The molecular formula is C16H21F3N6OS. The maximum Gasteiger partial charge on any atom is 0.434 e. The van der Waals surface area contributed by atoms with Gasteiger partial charge in [-0.05, 0) is 6.92 Å². The SMILES string of the molecule is CN=C(NCc1nc(C(F)(F)F)cs1)N1CCN(Cc2cc(C)on2)CC1. The second kappa shape index (κ2) is 8.26. The van der Waals surface area contributed by atoms with Crippen molar-refractivity contribution in [3.8, 4) is 0 Å². The fraction of sp³-hybridized carbons (Fsp3) is 0.562. The van der Waals surface area contributed by atoms with Crippen LogP contribution in [0.5, 0.6) is 0 Å². The second-order valence-corrected chi connectivity index (χ2v) is 7.16. The predicted molar refractivity (Wildman–Crippen MR) is 95.4 cm³/mol. The van der Waals surface area contributed by atoms with Crippen LogP contribution >= 0.6 is 11.3 Å². The average molecular weight is 402 g/mol. The van der Waals surface area contributed by atoms with Gasteiger partial charge in [-0.15, -0.1) is 11.3 Å². The maximum atomic E-state index is 12.6. The van der Waals surface area contributed by atoms with Crippen LogP contribution < -0.4 is 5.32 Å². The van der Waals surface area contributed by atoms with Gasteiger partial charge < -0.3 is 14.7 Å². The highest BCUT2D eigenvalue weighted by Gasteiger charge is 2.33. The highest BCUT2D eigenvalue weighted by Crippen LogP contribution is 2.29. The molecule has 0 aromatic carbocycles. The van der Waals surface area contributed by atoms with Gasteiger partial charge in [-0.1, -0.05) is 5.16 Å². The van der Waals surface area contributed by atoms with Crippen molar-refractivity contribution in [3.05, 3.63) is 33.6 Å². The Bertz CT molecular complexity index is 779. The summed E-state index contributed by atoms with van der Waals surface area (Å²) in [7, 11) is 1.66.